The molecule has 0 aliphatic carbocycles. The molecule has 0 spiro atoms. The zero-order valence-electron chi connectivity index (χ0n) is 9.05. The molecule has 1 rings (SSSR count). The zero-order chi connectivity index (χ0) is 13.9. The van der Waals surface area contributed by atoms with E-state index < -0.39 is 11.7 Å². The first-order chi connectivity index (χ1) is 8.29. The van der Waals surface area contributed by atoms with Gasteiger partial charge in [0.2, 0.25) is 0 Å². The van der Waals surface area contributed by atoms with Gasteiger partial charge in [-0.2, -0.15) is 18.4 Å². The van der Waals surface area contributed by atoms with Gasteiger partial charge in [-0.3, -0.25) is 5.41 Å². The summed E-state index contributed by atoms with van der Waals surface area (Å²) in [7, 11) is 0. The van der Waals surface area contributed by atoms with E-state index in [2.05, 4.69) is 0 Å². The summed E-state index contributed by atoms with van der Waals surface area (Å²) in [5.41, 5.74) is -1.05. The van der Waals surface area contributed by atoms with Gasteiger partial charge in [-0.25, -0.2) is 4.90 Å². The highest BCUT2D eigenvalue weighted by Gasteiger charge is 2.31. The lowest BCUT2D eigenvalue weighted by atomic mass is 10.2. The summed E-state index contributed by atoms with van der Waals surface area (Å²) in [6.07, 6.45) is -1.37. The number of nitrogens with zero attached hydrogens (tertiary/aromatic N) is 2. The monoisotopic (exact) mass is 293 g/mol. The molecule has 1 N–H and O–H groups in total. The average Bonchev–Trinajstić information content (AvgIpc) is 2.27. The SMILES string of the molecule is CSC(=N)N(C#N)c1cc(Cl)cc(C(F)(F)F)c1. The van der Waals surface area contributed by atoms with Crippen molar-refractivity contribution in [3.63, 3.8) is 0 Å². The van der Waals surface area contributed by atoms with Gasteiger partial charge in [0, 0.05) is 5.02 Å². The maximum absolute atomic E-state index is 12.6. The second-order valence-electron chi connectivity index (χ2n) is 3.14. The number of nitriles is 1. The van der Waals surface area contributed by atoms with Gasteiger partial charge in [0.1, 0.15) is 0 Å². The molecule has 3 nitrogen and oxygen atoms in total. The quantitative estimate of drug-likeness (QED) is 0.369. The molecule has 1 aromatic carbocycles. The molecular formula is C10H7ClF3N3S. The second kappa shape index (κ2) is 5.50. The van der Waals surface area contributed by atoms with E-state index in [4.69, 9.17) is 22.3 Å². The van der Waals surface area contributed by atoms with E-state index >= 15 is 0 Å². The summed E-state index contributed by atoms with van der Waals surface area (Å²) in [4.78, 5) is 0.770. The smallest absolute Gasteiger partial charge is 0.278 e. The van der Waals surface area contributed by atoms with E-state index in [1.165, 1.54) is 6.07 Å². The number of alkyl halides is 3. The predicted molar refractivity (Wildman–Crippen MR) is 65.8 cm³/mol. The third-order valence-electron chi connectivity index (χ3n) is 1.96. The molecule has 0 heterocycles. The number of halogens is 4. The van der Waals surface area contributed by atoms with Gasteiger partial charge in [0.05, 0.1) is 11.3 Å². The second-order valence-corrected chi connectivity index (χ2v) is 4.37. The highest BCUT2D eigenvalue weighted by atomic mass is 35.5. The molecule has 0 aliphatic rings. The Morgan fingerprint density at radius 2 is 2.06 bits per heavy atom. The van der Waals surface area contributed by atoms with E-state index in [-0.39, 0.29) is 15.9 Å². The number of amidine groups is 1. The predicted octanol–water partition coefficient (Wildman–Crippen LogP) is 3.94. The molecular weight excluding hydrogens is 287 g/mol. The van der Waals surface area contributed by atoms with Crippen LogP contribution in [0.3, 0.4) is 0 Å². The van der Waals surface area contributed by atoms with Crippen LogP contribution in [-0.2, 0) is 6.18 Å². The lowest BCUT2D eigenvalue weighted by Crippen LogP contribution is -2.22. The maximum Gasteiger partial charge on any atom is 0.416 e. The number of hydrogen-bond donors (Lipinski definition) is 1. The Morgan fingerprint density at radius 1 is 1.44 bits per heavy atom. The van der Waals surface area contributed by atoms with Gasteiger partial charge < -0.3 is 0 Å². The molecule has 0 aromatic heterocycles. The third-order valence-corrected chi connectivity index (χ3v) is 2.75. The summed E-state index contributed by atoms with van der Waals surface area (Å²) in [6, 6.07) is 2.74. The minimum atomic E-state index is -4.55. The Bertz CT molecular complexity index is 510. The molecule has 0 saturated carbocycles. The summed E-state index contributed by atoms with van der Waals surface area (Å²) in [5.74, 6) is 0. The van der Waals surface area contributed by atoms with Gasteiger partial charge in [0.15, 0.2) is 11.4 Å². The first-order valence-electron chi connectivity index (χ1n) is 4.49. The van der Waals surface area contributed by atoms with Crippen LogP contribution in [-0.4, -0.2) is 11.4 Å². The van der Waals surface area contributed by atoms with Gasteiger partial charge in [-0.05, 0) is 24.5 Å². The summed E-state index contributed by atoms with van der Waals surface area (Å²) >= 11 is 6.53. The van der Waals surface area contributed by atoms with Crippen LogP contribution in [0, 0.1) is 16.9 Å². The Kier molecular flexibility index (Phi) is 4.48. The average molecular weight is 294 g/mol. The molecule has 0 unspecified atom stereocenters. The maximum atomic E-state index is 12.6. The van der Waals surface area contributed by atoms with Crippen molar-refractivity contribution >= 4 is 34.2 Å². The minimum Gasteiger partial charge on any atom is -0.278 e. The number of rotatable bonds is 1. The van der Waals surface area contributed by atoms with Crippen LogP contribution < -0.4 is 4.90 Å². The van der Waals surface area contributed by atoms with Crippen LogP contribution >= 0.6 is 23.4 Å². The molecule has 0 saturated heterocycles. The van der Waals surface area contributed by atoms with E-state index in [0.29, 0.717) is 0 Å². The van der Waals surface area contributed by atoms with Crippen molar-refractivity contribution in [3.8, 4) is 6.19 Å². The van der Waals surface area contributed by atoms with Crippen LogP contribution in [0.5, 0.6) is 0 Å². The first-order valence-corrected chi connectivity index (χ1v) is 6.10. The van der Waals surface area contributed by atoms with E-state index in [1.54, 1.807) is 12.4 Å². The standard InChI is InChI=1S/C10H7ClF3N3S/c1-18-9(16)17(5-15)8-3-6(10(12,13)14)2-7(11)4-8/h2-4,16H,1H3. The van der Waals surface area contributed by atoms with Gasteiger partial charge >= 0.3 is 6.18 Å². The van der Waals surface area contributed by atoms with Crippen LogP contribution in [0.1, 0.15) is 5.56 Å². The molecule has 1 aromatic rings. The van der Waals surface area contributed by atoms with Crippen molar-refractivity contribution in [2.75, 3.05) is 11.2 Å². The molecule has 0 amide bonds. The number of thioether (sulfide) groups is 1. The Balaban J connectivity index is 3.30. The summed E-state index contributed by atoms with van der Waals surface area (Å²) in [5, 5.41) is 16.0. The first kappa shape index (κ1) is 14.7. The van der Waals surface area contributed by atoms with Gasteiger partial charge in [-0.1, -0.05) is 23.4 Å². The van der Waals surface area contributed by atoms with E-state index in [1.807, 2.05) is 0 Å². The topological polar surface area (TPSA) is 50.9 Å². The fourth-order valence-electron chi connectivity index (χ4n) is 1.18. The van der Waals surface area contributed by atoms with Crippen molar-refractivity contribution in [2.24, 2.45) is 0 Å². The van der Waals surface area contributed by atoms with Crippen LogP contribution in [0.4, 0.5) is 18.9 Å². The Labute approximate surface area is 111 Å². The lowest BCUT2D eigenvalue weighted by Gasteiger charge is -2.17. The largest absolute Gasteiger partial charge is 0.416 e. The van der Waals surface area contributed by atoms with Crippen LogP contribution in [0.15, 0.2) is 18.2 Å². The molecule has 96 valence electrons. The molecule has 0 atom stereocenters. The van der Waals surface area contributed by atoms with Crippen molar-refractivity contribution in [1.29, 1.82) is 10.7 Å². The highest BCUT2D eigenvalue weighted by Crippen LogP contribution is 2.34. The molecule has 18 heavy (non-hydrogen) atoms. The normalized spacial score (nSPS) is 10.9. The fraction of sp³-hybridized carbons (Fsp3) is 0.200. The number of nitrogens with one attached hydrogen (secondary N) is 1. The van der Waals surface area contributed by atoms with Crippen molar-refractivity contribution < 1.29 is 13.2 Å². The Morgan fingerprint density at radius 3 is 2.50 bits per heavy atom. The highest BCUT2D eigenvalue weighted by molar-refractivity contribution is 8.13. The molecule has 0 aliphatic heterocycles. The minimum absolute atomic E-state index is 0.0864. The fourth-order valence-corrected chi connectivity index (χ4v) is 1.74. The van der Waals surface area contributed by atoms with Gasteiger partial charge in [0.25, 0.3) is 0 Å². The van der Waals surface area contributed by atoms with Crippen molar-refractivity contribution in [2.45, 2.75) is 6.18 Å². The van der Waals surface area contributed by atoms with E-state index in [9.17, 15) is 13.2 Å². The van der Waals surface area contributed by atoms with E-state index in [0.717, 1.165) is 28.8 Å². The summed E-state index contributed by atoms with van der Waals surface area (Å²) < 4.78 is 37.7. The third kappa shape index (κ3) is 3.31. The molecule has 0 radical (unpaired) electrons. The van der Waals surface area contributed by atoms with Crippen molar-refractivity contribution in [1.82, 2.24) is 0 Å². The van der Waals surface area contributed by atoms with Crippen molar-refractivity contribution in [3.05, 3.63) is 28.8 Å². The number of anilines is 1. The Hall–Kier alpha value is -1.39. The summed E-state index contributed by atoms with van der Waals surface area (Å²) in [6.45, 7) is 0. The lowest BCUT2D eigenvalue weighted by molar-refractivity contribution is -0.137. The zero-order valence-corrected chi connectivity index (χ0v) is 10.6. The molecule has 0 fully saturated rings. The number of hydrogen-bond acceptors (Lipinski definition) is 3. The molecule has 8 heteroatoms. The van der Waals surface area contributed by atoms with Crippen LogP contribution in [0.2, 0.25) is 5.02 Å². The van der Waals surface area contributed by atoms with Gasteiger partial charge in [-0.15, -0.1) is 0 Å². The number of benzene rings is 1. The van der Waals surface area contributed by atoms with Crippen LogP contribution in [0.25, 0.3) is 0 Å². The molecule has 0 bridgehead atoms.